The third-order valence-electron chi connectivity index (χ3n) is 8.92. The van der Waals surface area contributed by atoms with Gasteiger partial charge in [-0.3, -0.25) is 4.79 Å². The van der Waals surface area contributed by atoms with Crippen LogP contribution in [0, 0.1) is 0 Å². The Morgan fingerprint density at radius 2 is 1.19 bits per heavy atom. The van der Waals surface area contributed by atoms with Crippen molar-refractivity contribution in [3.05, 3.63) is 102 Å². The van der Waals surface area contributed by atoms with Gasteiger partial charge in [0.1, 0.15) is 23.7 Å². The Morgan fingerprint density at radius 3 is 1.79 bits per heavy atom. The third-order valence-corrected chi connectivity index (χ3v) is 10.0. The van der Waals surface area contributed by atoms with Crippen LogP contribution in [0.3, 0.4) is 0 Å². The minimum Gasteiger partial charge on any atom is -0.371 e. The molecule has 6 rings (SSSR count). The molecule has 0 unspecified atom stereocenters. The molecule has 0 aromatic heterocycles. The molecule has 0 saturated carbocycles. The molecule has 3 aliphatic rings. The highest BCUT2D eigenvalue weighted by Crippen LogP contribution is 2.37. The first-order valence-electron chi connectivity index (χ1n) is 16.7. The van der Waals surface area contributed by atoms with Crippen LogP contribution < -0.4 is 0 Å². The Labute approximate surface area is 282 Å². The lowest BCUT2D eigenvalue weighted by Crippen LogP contribution is -2.55. The number of ketones is 1. The van der Waals surface area contributed by atoms with Crippen LogP contribution >= 0.6 is 11.8 Å². The van der Waals surface area contributed by atoms with Crippen molar-refractivity contribution in [1.29, 1.82) is 0 Å². The molecule has 0 spiro atoms. The summed E-state index contributed by atoms with van der Waals surface area (Å²) >= 11 is 1.71. The Bertz CT molecular complexity index is 1380. The first-order valence-corrected chi connectivity index (χ1v) is 17.6. The second-order valence-electron chi connectivity index (χ2n) is 12.5. The molecule has 0 amide bonds. The number of carbonyl (C=O) groups is 1. The smallest absolute Gasteiger partial charge is 0.161 e. The highest BCUT2D eigenvalue weighted by molar-refractivity contribution is 7.99. The SMILES string of the molecule is C[C@@H]1O[C@@H](O[C@@H]2[C@H](C)O[C@@H](O[C@@H]3[C@H](C)O[C@@H](Sc4ccccc4)C[C@@H]3OCc3ccccc3)C[C@@H]2OCc2ccccc2)CCC1=O. The number of Topliss-reactive ketones (excluding diaryl/α,β-unsaturated/α-hetero) is 1. The summed E-state index contributed by atoms with van der Waals surface area (Å²) in [5, 5.41) is 0. The van der Waals surface area contributed by atoms with Crippen molar-refractivity contribution >= 4 is 17.5 Å². The molecule has 0 N–H and O–H groups in total. The van der Waals surface area contributed by atoms with Crippen LogP contribution in [0.25, 0.3) is 0 Å². The topological polar surface area (TPSA) is 81.7 Å². The van der Waals surface area contributed by atoms with Crippen LogP contribution in [-0.4, -0.2) is 66.5 Å². The summed E-state index contributed by atoms with van der Waals surface area (Å²) in [5.74, 6) is 0.0976. The van der Waals surface area contributed by atoms with E-state index < -0.39 is 24.8 Å². The monoisotopic (exact) mass is 662 g/mol. The quantitative estimate of drug-likeness (QED) is 0.202. The van der Waals surface area contributed by atoms with Crippen LogP contribution in [-0.2, 0) is 51.2 Å². The lowest BCUT2D eigenvalue weighted by atomic mass is 9.99. The summed E-state index contributed by atoms with van der Waals surface area (Å²) in [7, 11) is 0. The Balaban J connectivity index is 1.16. The van der Waals surface area contributed by atoms with E-state index in [1.54, 1.807) is 18.7 Å². The van der Waals surface area contributed by atoms with E-state index in [4.69, 9.17) is 33.2 Å². The Morgan fingerprint density at radius 1 is 0.660 bits per heavy atom. The molecule has 0 bridgehead atoms. The van der Waals surface area contributed by atoms with E-state index in [9.17, 15) is 4.79 Å². The molecule has 3 aromatic carbocycles. The summed E-state index contributed by atoms with van der Waals surface area (Å²) in [6, 6.07) is 30.6. The van der Waals surface area contributed by atoms with Gasteiger partial charge in [0.25, 0.3) is 0 Å². The van der Waals surface area contributed by atoms with Crippen LogP contribution in [0.4, 0.5) is 0 Å². The number of benzene rings is 3. The minimum atomic E-state index is -0.560. The minimum absolute atomic E-state index is 0.0799. The van der Waals surface area contributed by atoms with E-state index in [0.29, 0.717) is 38.9 Å². The van der Waals surface area contributed by atoms with E-state index in [1.807, 2.05) is 80.6 Å². The van der Waals surface area contributed by atoms with Gasteiger partial charge in [-0.25, -0.2) is 0 Å². The van der Waals surface area contributed by atoms with Gasteiger partial charge < -0.3 is 33.2 Å². The van der Waals surface area contributed by atoms with Crippen LogP contribution in [0.15, 0.2) is 95.9 Å². The molecule has 3 aliphatic heterocycles. The normalized spacial score (nSPS) is 33.0. The lowest BCUT2D eigenvalue weighted by molar-refractivity contribution is -0.321. The third kappa shape index (κ3) is 9.52. The number of hydrogen-bond acceptors (Lipinski definition) is 9. The van der Waals surface area contributed by atoms with E-state index >= 15 is 0 Å². The average molecular weight is 663 g/mol. The molecule has 3 saturated heterocycles. The van der Waals surface area contributed by atoms with Crippen LogP contribution in [0.1, 0.15) is 57.6 Å². The standard InChI is InChI=1S/C38H46O8S/c1-25-31(39)19-20-34(42-25)45-37-26(2)43-35(21-32(37)40-23-28-13-7-4-8-14-28)46-38-27(3)44-36(47-30-17-11-6-12-18-30)22-33(38)41-24-29-15-9-5-10-16-29/h4-18,25-27,32-38H,19-24H2,1-3H3/t25-,26-,27-,32-,33-,34-,35-,36-,37+,38+/m0/s1. The molecule has 252 valence electrons. The molecule has 0 aliphatic carbocycles. The number of carbonyl (C=O) groups excluding carboxylic acids is 1. The number of ether oxygens (including phenoxy) is 7. The molecular weight excluding hydrogens is 616 g/mol. The largest absolute Gasteiger partial charge is 0.371 e. The summed E-state index contributed by atoms with van der Waals surface area (Å²) in [6.45, 7) is 6.70. The van der Waals surface area contributed by atoms with Crippen molar-refractivity contribution in [2.24, 2.45) is 0 Å². The zero-order valence-corrected chi connectivity index (χ0v) is 28.2. The summed E-state index contributed by atoms with van der Waals surface area (Å²) in [6.07, 6.45) is -1.37. The molecule has 8 nitrogen and oxygen atoms in total. The fourth-order valence-electron chi connectivity index (χ4n) is 6.37. The van der Waals surface area contributed by atoms with Gasteiger partial charge in [0.15, 0.2) is 18.4 Å². The molecular formula is C38H46O8S. The van der Waals surface area contributed by atoms with Gasteiger partial charge in [-0.05, 0) is 44.0 Å². The highest BCUT2D eigenvalue weighted by Gasteiger charge is 2.45. The van der Waals surface area contributed by atoms with Crippen molar-refractivity contribution in [1.82, 2.24) is 0 Å². The molecule has 3 aromatic rings. The first-order chi connectivity index (χ1) is 22.9. The van der Waals surface area contributed by atoms with Gasteiger partial charge in [0, 0.05) is 30.6 Å². The highest BCUT2D eigenvalue weighted by atomic mass is 32.2. The van der Waals surface area contributed by atoms with E-state index in [0.717, 1.165) is 16.0 Å². The Hall–Kier alpha value is -2.60. The first kappa shape index (κ1) is 34.3. The zero-order valence-electron chi connectivity index (χ0n) is 27.4. The number of hydrogen-bond donors (Lipinski definition) is 0. The van der Waals surface area contributed by atoms with Gasteiger partial charge >= 0.3 is 0 Å². The maximum absolute atomic E-state index is 12.1. The number of thioether (sulfide) groups is 1. The molecule has 3 fully saturated rings. The van der Waals surface area contributed by atoms with E-state index in [1.165, 1.54) is 0 Å². The predicted octanol–water partition coefficient (Wildman–Crippen LogP) is 7.08. The lowest BCUT2D eigenvalue weighted by Gasteiger charge is -2.45. The van der Waals surface area contributed by atoms with Crippen LogP contribution in [0.2, 0.25) is 0 Å². The fourth-order valence-corrected chi connectivity index (χ4v) is 7.51. The van der Waals surface area contributed by atoms with E-state index in [2.05, 4.69) is 24.3 Å². The predicted molar refractivity (Wildman–Crippen MR) is 179 cm³/mol. The maximum atomic E-state index is 12.1. The van der Waals surface area contributed by atoms with Gasteiger partial charge in [-0.2, -0.15) is 0 Å². The van der Waals surface area contributed by atoms with E-state index in [-0.39, 0.29) is 41.7 Å². The van der Waals surface area contributed by atoms with Gasteiger partial charge in [-0.1, -0.05) is 90.6 Å². The second-order valence-corrected chi connectivity index (χ2v) is 13.8. The van der Waals surface area contributed by atoms with Crippen molar-refractivity contribution in [3.8, 4) is 0 Å². The summed E-state index contributed by atoms with van der Waals surface area (Å²) in [5.41, 5.74) is 2.10. The fraction of sp³-hybridized carbons (Fsp3) is 0.500. The average Bonchev–Trinajstić information content (AvgIpc) is 3.08. The van der Waals surface area contributed by atoms with Crippen LogP contribution in [0.5, 0.6) is 0 Å². The van der Waals surface area contributed by atoms with Crippen molar-refractivity contribution < 1.29 is 38.0 Å². The summed E-state index contributed by atoms with van der Waals surface area (Å²) in [4.78, 5) is 13.2. The van der Waals surface area contributed by atoms with Crippen molar-refractivity contribution in [2.45, 2.75) is 125 Å². The molecule has 47 heavy (non-hydrogen) atoms. The zero-order chi connectivity index (χ0) is 32.6. The van der Waals surface area contributed by atoms with Crippen molar-refractivity contribution in [3.63, 3.8) is 0 Å². The summed E-state index contributed by atoms with van der Waals surface area (Å²) < 4.78 is 45.3. The molecule has 0 radical (unpaired) electrons. The maximum Gasteiger partial charge on any atom is 0.161 e. The number of rotatable bonds is 12. The van der Waals surface area contributed by atoms with Gasteiger partial charge in [-0.15, -0.1) is 0 Å². The molecule has 10 atom stereocenters. The van der Waals surface area contributed by atoms with Crippen molar-refractivity contribution in [2.75, 3.05) is 0 Å². The second kappa shape index (κ2) is 16.7. The van der Waals surface area contributed by atoms with Gasteiger partial charge in [0.05, 0.1) is 37.6 Å². The Kier molecular flexibility index (Phi) is 12.2. The molecule has 9 heteroatoms. The molecule has 3 heterocycles. The van der Waals surface area contributed by atoms with Gasteiger partial charge in [0.2, 0.25) is 0 Å².